The standard InChI is InChI=1S/C62H96N13O14P/c1-29-20-39-40(21-30(29)2)75(28-70-39)57-52(84)53(41(27-76)87-57)89-90(85,86)88-31(3)26-69-49(83)18-19-59(8)37(22-46(66)80)56-62(11)61(10,25-48(68)82)36(14-17-45(65)79)51(74-62)33(5)55-60(9,24-47(67)81)34(12-15-43(63)77)38(71-55)23-42-58(6,7)35(13-16-44(64)78)50(72-42)32(4)54(59)73-56/h20-21,23,28,31,34-38,41,51-54,56-57,71-74,76,84H,12-19,22,24-27H2,1-11H3,(H14,63,64,65,66,67,68,69,77,78,79,80,81,82,83,85,86)/p+1/b42-23-,50-32-,55-33-/t31-,34-,35-,36-,37+,38?,41-,51?,52-,53-,54?,56-,57+,59-,60+,61+,62+/m1/s1. The number of carbonyl (C=O) groups excluding carboxylic acids is 7. The van der Waals surface area contributed by atoms with Gasteiger partial charge in [-0.05, 0) is 131 Å². The van der Waals surface area contributed by atoms with Crippen molar-refractivity contribution >= 4 is 60.2 Å². The van der Waals surface area contributed by atoms with Gasteiger partial charge in [0.15, 0.2) is 11.0 Å². The minimum absolute atomic E-state index is 0.0145. The maximum absolute atomic E-state index is 14.4. The van der Waals surface area contributed by atoms with E-state index >= 15 is 0 Å². The summed E-state index contributed by atoms with van der Waals surface area (Å²) < 4.78 is 32.4. The number of fused-ring (bicyclic) bond motifs is 10. The van der Waals surface area contributed by atoms with Crippen LogP contribution in [0.5, 0.6) is 0 Å². The van der Waals surface area contributed by atoms with Gasteiger partial charge in [-0.15, -0.1) is 0 Å². The van der Waals surface area contributed by atoms with Gasteiger partial charge in [0, 0.05) is 120 Å². The van der Waals surface area contributed by atoms with Gasteiger partial charge in [0.1, 0.15) is 18.3 Å². The first-order valence-electron chi connectivity index (χ1n) is 31.1. The van der Waals surface area contributed by atoms with E-state index in [1.54, 1.807) is 10.9 Å². The summed E-state index contributed by atoms with van der Waals surface area (Å²) in [5, 5.41) is 40.2. The first kappa shape index (κ1) is 69.6. The number of rotatable bonds is 26. The number of benzene rings is 1. The molecule has 6 aliphatic heterocycles. The number of phosphoric ester groups is 1. The van der Waals surface area contributed by atoms with Crippen molar-refractivity contribution in [3.05, 3.63) is 63.9 Å². The Morgan fingerprint density at radius 3 is 2.01 bits per heavy atom. The van der Waals surface area contributed by atoms with Crippen molar-refractivity contribution in [2.24, 2.45) is 79.7 Å². The fourth-order valence-corrected chi connectivity index (χ4v) is 17.9. The molecular formula is C62H97N13O14P+. The van der Waals surface area contributed by atoms with E-state index in [4.69, 9.17) is 48.2 Å². The number of H-pyrrole nitrogens is 1. The topological polar surface area (TPSA) is 461 Å². The number of aryl methyl sites for hydroxylation is 2. The molecule has 5 saturated heterocycles. The lowest BCUT2D eigenvalue weighted by Crippen LogP contribution is -2.64. The fourth-order valence-electron chi connectivity index (χ4n) is 16.7. The zero-order valence-electron chi connectivity index (χ0n) is 53.7. The Labute approximate surface area is 525 Å². The molecule has 0 radical (unpaired) electrons. The number of allylic oxidation sites excluding steroid dienone is 3. The highest BCUT2D eigenvalue weighted by Crippen LogP contribution is 2.62. The molecule has 5 fully saturated rings. The number of amides is 7. The average molecular weight is 1280 g/mol. The van der Waals surface area contributed by atoms with Crippen LogP contribution in [0.3, 0.4) is 0 Å². The molecule has 498 valence electrons. The van der Waals surface area contributed by atoms with Crippen LogP contribution in [0.25, 0.3) is 11.0 Å². The minimum atomic E-state index is -5.04. The highest BCUT2D eigenvalue weighted by molar-refractivity contribution is 7.47. The Kier molecular flexibility index (Phi) is 20.1. The highest BCUT2D eigenvalue weighted by atomic mass is 31.2. The van der Waals surface area contributed by atoms with E-state index in [9.17, 15) is 53.2 Å². The van der Waals surface area contributed by atoms with E-state index in [1.165, 1.54) is 6.92 Å². The molecule has 27 nitrogen and oxygen atoms in total. The quantitative estimate of drug-likeness (QED) is 0.0464. The number of nitrogens with one attached hydrogen (secondary N) is 6. The number of carbonyl (C=O) groups is 7. The number of aromatic nitrogens is 2. The van der Waals surface area contributed by atoms with Gasteiger partial charge in [-0.25, -0.2) is 9.55 Å². The van der Waals surface area contributed by atoms with Crippen molar-refractivity contribution in [2.45, 2.75) is 207 Å². The monoisotopic (exact) mass is 1280 g/mol. The Morgan fingerprint density at radius 1 is 0.800 bits per heavy atom. The van der Waals surface area contributed by atoms with E-state index in [-0.39, 0.29) is 70.8 Å². The number of aromatic amines is 1. The van der Waals surface area contributed by atoms with Gasteiger partial charge in [0.25, 0.3) is 0 Å². The number of aliphatic hydroxyl groups excluding tert-OH is 2. The van der Waals surface area contributed by atoms with Gasteiger partial charge < -0.3 is 80.8 Å². The van der Waals surface area contributed by atoms with Crippen molar-refractivity contribution in [2.75, 3.05) is 13.2 Å². The van der Waals surface area contributed by atoms with Gasteiger partial charge in [-0.3, -0.25) is 42.6 Å². The average Bonchev–Trinajstić information content (AvgIpc) is 1.53. The molecule has 18 atom stereocenters. The van der Waals surface area contributed by atoms with E-state index in [0.717, 1.165) is 39.2 Å². The van der Waals surface area contributed by atoms with E-state index < -0.39 is 161 Å². The Bertz CT molecular complexity index is 3330. The summed E-state index contributed by atoms with van der Waals surface area (Å²) in [5.74, 6) is -6.21. The SMILES string of the molecule is C/C1=C2/NC(/C=C3\N/C(=C(/C)C4N[C@H]([C@H](CC(N)=O)[C@@]4(C)CCC(=O)NC[C@@H](C)OP(=O)(O)O[C@H]4[C@@H](O)[C@@H]([n+]5c[nH]c6cc(C)c(C)cc65)O[C@@H]4CO)[C@]4(C)NC1[C@@H](CCC(N)=O)[C@]4(C)CC(N)=O)[C@@H](CCC(N)=O)C3(C)C)[C@@H](CCC(N)=O)[C@]2(C)CC(N)=O. The van der Waals surface area contributed by atoms with Crippen molar-refractivity contribution in [1.29, 1.82) is 0 Å². The van der Waals surface area contributed by atoms with Crippen LogP contribution in [0, 0.1) is 59.2 Å². The van der Waals surface area contributed by atoms with E-state index in [0.29, 0.717) is 17.6 Å². The molecule has 4 unspecified atom stereocenters. The zero-order chi connectivity index (χ0) is 66.7. The maximum atomic E-state index is 14.4. The second-order valence-corrected chi connectivity index (χ2v) is 29.3. The summed E-state index contributed by atoms with van der Waals surface area (Å²) in [6, 6.07) is 1.14. The zero-order valence-corrected chi connectivity index (χ0v) is 54.6. The molecule has 90 heavy (non-hydrogen) atoms. The number of imidazole rings is 1. The first-order chi connectivity index (χ1) is 41.8. The molecule has 0 aliphatic carbocycles. The third-order valence-electron chi connectivity index (χ3n) is 21.8. The molecule has 1 aromatic heterocycles. The number of phosphoric acid groups is 1. The molecule has 21 N–H and O–H groups in total. The predicted octanol–water partition coefficient (Wildman–Crippen LogP) is 1.13. The number of ether oxygens (including phenoxy) is 1. The summed E-state index contributed by atoms with van der Waals surface area (Å²) in [5.41, 5.74) is 38.2. The first-order valence-corrected chi connectivity index (χ1v) is 32.6. The van der Waals surface area contributed by atoms with Crippen LogP contribution in [-0.2, 0) is 51.9 Å². The van der Waals surface area contributed by atoms with Crippen LogP contribution in [-0.4, -0.2) is 129 Å². The van der Waals surface area contributed by atoms with Crippen LogP contribution < -0.4 is 65.6 Å². The number of nitrogens with two attached hydrogens (primary N) is 6. The molecule has 2 aromatic rings. The van der Waals surface area contributed by atoms with Crippen molar-refractivity contribution < 1.29 is 71.6 Å². The Hall–Kier alpha value is -6.29. The number of aliphatic hydroxyl groups is 2. The Balaban J connectivity index is 1.17. The lowest BCUT2D eigenvalue weighted by molar-refractivity contribution is -0.743. The largest absolute Gasteiger partial charge is 0.472 e. The van der Waals surface area contributed by atoms with Crippen LogP contribution in [0.2, 0.25) is 0 Å². The Morgan fingerprint density at radius 2 is 1.41 bits per heavy atom. The van der Waals surface area contributed by atoms with Crippen molar-refractivity contribution in [1.82, 2.24) is 31.6 Å². The summed E-state index contributed by atoms with van der Waals surface area (Å²) in [6.07, 6.45) is -2.92. The molecule has 0 spiro atoms. The van der Waals surface area contributed by atoms with Crippen LogP contribution in [0.4, 0.5) is 0 Å². The smallest absolute Gasteiger partial charge is 0.394 e. The number of hydrogen-bond acceptors (Lipinski definition) is 17. The second-order valence-electron chi connectivity index (χ2n) is 28.0. The lowest BCUT2D eigenvalue weighted by atomic mass is 9.56. The molecule has 28 heteroatoms. The molecule has 7 heterocycles. The van der Waals surface area contributed by atoms with Gasteiger partial charge in [0.05, 0.1) is 12.7 Å². The number of primary amides is 6. The predicted molar refractivity (Wildman–Crippen MR) is 331 cm³/mol. The van der Waals surface area contributed by atoms with Gasteiger partial charge in [-0.1, -0.05) is 34.6 Å². The molecule has 1 aromatic carbocycles. The van der Waals surface area contributed by atoms with Crippen molar-refractivity contribution in [3.8, 4) is 0 Å². The molecule has 6 aliphatic rings. The third-order valence-corrected chi connectivity index (χ3v) is 22.9. The second kappa shape index (κ2) is 26.0. The summed E-state index contributed by atoms with van der Waals surface area (Å²) >= 11 is 0. The molecule has 8 bridgehead atoms. The van der Waals surface area contributed by atoms with Crippen LogP contribution in [0.15, 0.2) is 52.8 Å². The van der Waals surface area contributed by atoms with E-state index in [2.05, 4.69) is 51.5 Å². The van der Waals surface area contributed by atoms with Crippen LogP contribution >= 0.6 is 7.82 Å². The highest BCUT2D eigenvalue weighted by Gasteiger charge is 2.69. The summed E-state index contributed by atoms with van der Waals surface area (Å²) in [6.45, 7) is 20.2. The molecule has 7 amide bonds. The van der Waals surface area contributed by atoms with Gasteiger partial charge >= 0.3 is 7.82 Å². The fraction of sp³-hybridized carbons (Fsp3) is 0.677. The van der Waals surface area contributed by atoms with Gasteiger partial charge in [-0.2, -0.15) is 4.57 Å². The molecule has 8 rings (SSSR count). The summed E-state index contributed by atoms with van der Waals surface area (Å²) in [4.78, 5) is 108. The third kappa shape index (κ3) is 13.2. The van der Waals surface area contributed by atoms with Crippen molar-refractivity contribution in [3.63, 3.8) is 0 Å². The molecular weight excluding hydrogens is 1180 g/mol. The minimum Gasteiger partial charge on any atom is -0.394 e. The number of hydrogen-bond donors (Lipinski definition) is 15. The van der Waals surface area contributed by atoms with Crippen LogP contribution in [0.1, 0.15) is 150 Å². The van der Waals surface area contributed by atoms with Gasteiger partial charge in [0.2, 0.25) is 53.9 Å². The maximum Gasteiger partial charge on any atom is 0.472 e. The number of nitrogens with zero attached hydrogens (tertiary/aromatic N) is 1. The normalized spacial score (nSPS) is 36.8. The summed E-state index contributed by atoms with van der Waals surface area (Å²) in [7, 11) is -5.04. The molecule has 0 saturated carbocycles. The lowest BCUT2D eigenvalue weighted by Gasteiger charge is -2.49. The van der Waals surface area contributed by atoms with E-state index in [1.807, 2.05) is 67.5 Å².